The number of carboxylic acid groups (broad SMARTS) is 1. The highest BCUT2D eigenvalue weighted by molar-refractivity contribution is 5.88. The van der Waals surface area contributed by atoms with Gasteiger partial charge >= 0.3 is 5.97 Å². The second kappa shape index (κ2) is 6.50. The maximum atomic E-state index is 10.9. The summed E-state index contributed by atoms with van der Waals surface area (Å²) >= 11 is 0. The monoisotopic (exact) mass is 272 g/mol. The molecule has 1 aliphatic carbocycles. The van der Waals surface area contributed by atoms with E-state index < -0.39 is 5.97 Å². The van der Waals surface area contributed by atoms with Gasteiger partial charge in [-0.05, 0) is 43.9 Å². The van der Waals surface area contributed by atoms with Gasteiger partial charge in [-0.1, -0.05) is 0 Å². The van der Waals surface area contributed by atoms with Gasteiger partial charge in [0, 0.05) is 0 Å². The van der Waals surface area contributed by atoms with Gasteiger partial charge < -0.3 is 14.6 Å². The van der Waals surface area contributed by atoms with Crippen molar-refractivity contribution in [2.24, 2.45) is 0 Å². The molecule has 1 fully saturated rings. The van der Waals surface area contributed by atoms with E-state index in [-0.39, 0.29) is 24.1 Å². The molecule has 0 spiro atoms. The van der Waals surface area contributed by atoms with Crippen molar-refractivity contribution in [3.63, 3.8) is 0 Å². The Labute approximate surface area is 112 Å². The molecule has 0 heterocycles. The highest BCUT2D eigenvalue weighted by Gasteiger charge is 2.19. The zero-order valence-corrected chi connectivity index (χ0v) is 11.0. The molecule has 2 rings (SSSR count). The number of aromatic carboxylic acids is 1. The molecular formula is C13H17ClO4. The lowest BCUT2D eigenvalue weighted by Gasteiger charge is -2.16. The summed E-state index contributed by atoms with van der Waals surface area (Å²) in [4.78, 5) is 10.9. The molecule has 0 saturated heterocycles. The number of carbonyl (C=O) groups is 1. The fraction of sp³-hybridized carbons (Fsp3) is 0.462. The van der Waals surface area contributed by atoms with Crippen LogP contribution in [0.3, 0.4) is 0 Å². The third-order valence-electron chi connectivity index (χ3n) is 3.01. The molecule has 4 nitrogen and oxygen atoms in total. The first-order chi connectivity index (χ1) is 8.20. The zero-order chi connectivity index (χ0) is 12.3. The van der Waals surface area contributed by atoms with Crippen LogP contribution in [-0.4, -0.2) is 24.3 Å². The van der Waals surface area contributed by atoms with Gasteiger partial charge in [0.1, 0.15) is 0 Å². The standard InChI is InChI=1S/C13H16O4.ClH/c1-16-11-7-6-9(13(14)15)8-12(11)17-10-4-2-3-5-10;/h6-8,10H,2-5H2,1H3,(H,14,15);1H. The molecule has 0 amide bonds. The van der Waals surface area contributed by atoms with Crippen molar-refractivity contribution in [3.8, 4) is 11.5 Å². The first-order valence-corrected chi connectivity index (χ1v) is 5.78. The van der Waals surface area contributed by atoms with E-state index in [9.17, 15) is 4.79 Å². The lowest BCUT2D eigenvalue weighted by molar-refractivity contribution is 0.0696. The average Bonchev–Trinajstić information content (AvgIpc) is 2.81. The summed E-state index contributed by atoms with van der Waals surface area (Å²) in [5.41, 5.74) is 0.221. The summed E-state index contributed by atoms with van der Waals surface area (Å²) in [6.07, 6.45) is 4.59. The SMILES string of the molecule is COc1ccc(C(=O)O)cc1OC1CCCC1.Cl. The van der Waals surface area contributed by atoms with Gasteiger partial charge in [0.2, 0.25) is 0 Å². The smallest absolute Gasteiger partial charge is 0.335 e. The number of hydrogen-bond donors (Lipinski definition) is 1. The fourth-order valence-electron chi connectivity index (χ4n) is 2.09. The van der Waals surface area contributed by atoms with Crippen LogP contribution in [0.2, 0.25) is 0 Å². The lowest BCUT2D eigenvalue weighted by atomic mass is 10.2. The van der Waals surface area contributed by atoms with Gasteiger partial charge in [-0.2, -0.15) is 0 Å². The molecule has 0 atom stereocenters. The van der Waals surface area contributed by atoms with Gasteiger partial charge in [-0.15, -0.1) is 12.4 Å². The van der Waals surface area contributed by atoms with E-state index in [4.69, 9.17) is 14.6 Å². The molecule has 1 aliphatic rings. The number of rotatable bonds is 4. The third-order valence-corrected chi connectivity index (χ3v) is 3.01. The highest BCUT2D eigenvalue weighted by Crippen LogP contribution is 2.32. The van der Waals surface area contributed by atoms with Crippen LogP contribution in [0.5, 0.6) is 11.5 Å². The van der Waals surface area contributed by atoms with Crippen LogP contribution in [0, 0.1) is 0 Å². The van der Waals surface area contributed by atoms with Crippen molar-refractivity contribution in [2.45, 2.75) is 31.8 Å². The van der Waals surface area contributed by atoms with Crippen LogP contribution in [0.1, 0.15) is 36.0 Å². The van der Waals surface area contributed by atoms with E-state index in [1.54, 1.807) is 13.2 Å². The van der Waals surface area contributed by atoms with Crippen molar-refractivity contribution < 1.29 is 19.4 Å². The molecule has 0 bridgehead atoms. The van der Waals surface area contributed by atoms with E-state index in [0.29, 0.717) is 11.5 Å². The van der Waals surface area contributed by atoms with Crippen LogP contribution in [-0.2, 0) is 0 Å². The Morgan fingerprint density at radius 2 is 1.94 bits per heavy atom. The molecular weight excluding hydrogens is 256 g/mol. The van der Waals surface area contributed by atoms with E-state index in [0.717, 1.165) is 12.8 Å². The molecule has 0 radical (unpaired) electrons. The quantitative estimate of drug-likeness (QED) is 0.915. The van der Waals surface area contributed by atoms with Gasteiger partial charge in [-0.25, -0.2) is 4.79 Å². The Morgan fingerprint density at radius 3 is 2.50 bits per heavy atom. The van der Waals surface area contributed by atoms with Gasteiger partial charge in [0.15, 0.2) is 11.5 Å². The number of halogens is 1. The number of benzene rings is 1. The lowest BCUT2D eigenvalue weighted by Crippen LogP contribution is -2.12. The van der Waals surface area contributed by atoms with Crippen molar-refractivity contribution in [1.82, 2.24) is 0 Å². The van der Waals surface area contributed by atoms with Crippen LogP contribution in [0.15, 0.2) is 18.2 Å². The predicted octanol–water partition coefficient (Wildman–Crippen LogP) is 3.14. The molecule has 1 N–H and O–H groups in total. The van der Waals surface area contributed by atoms with Gasteiger partial charge in [-0.3, -0.25) is 0 Å². The molecule has 0 aliphatic heterocycles. The maximum Gasteiger partial charge on any atom is 0.335 e. The number of carboxylic acids is 1. The summed E-state index contributed by atoms with van der Waals surface area (Å²) in [6, 6.07) is 4.68. The molecule has 0 aromatic heterocycles. The van der Waals surface area contributed by atoms with Crippen LogP contribution in [0.25, 0.3) is 0 Å². The number of hydrogen-bond acceptors (Lipinski definition) is 3. The average molecular weight is 273 g/mol. The predicted molar refractivity (Wildman–Crippen MR) is 70.1 cm³/mol. The summed E-state index contributed by atoms with van der Waals surface area (Å²) in [7, 11) is 1.55. The van der Waals surface area contributed by atoms with E-state index in [2.05, 4.69) is 0 Å². The second-order valence-electron chi connectivity index (χ2n) is 4.20. The summed E-state index contributed by atoms with van der Waals surface area (Å²) < 4.78 is 11.0. The molecule has 1 aromatic rings. The highest BCUT2D eigenvalue weighted by atomic mass is 35.5. The Balaban J connectivity index is 0.00000162. The van der Waals surface area contributed by atoms with Crippen LogP contribution in [0.4, 0.5) is 0 Å². The van der Waals surface area contributed by atoms with E-state index >= 15 is 0 Å². The molecule has 0 unspecified atom stereocenters. The van der Waals surface area contributed by atoms with Gasteiger partial charge in [0.25, 0.3) is 0 Å². The minimum absolute atomic E-state index is 0. The Morgan fingerprint density at radius 1 is 1.28 bits per heavy atom. The second-order valence-corrected chi connectivity index (χ2v) is 4.20. The molecule has 1 aromatic carbocycles. The first kappa shape index (κ1) is 14.6. The van der Waals surface area contributed by atoms with E-state index in [1.807, 2.05) is 0 Å². The summed E-state index contributed by atoms with van der Waals surface area (Å²) in [6.45, 7) is 0. The Hall–Kier alpha value is -1.42. The minimum atomic E-state index is -0.955. The molecule has 5 heteroatoms. The fourth-order valence-corrected chi connectivity index (χ4v) is 2.09. The van der Waals surface area contributed by atoms with Crippen molar-refractivity contribution in [3.05, 3.63) is 23.8 Å². The van der Waals surface area contributed by atoms with Crippen molar-refractivity contribution >= 4 is 18.4 Å². The topological polar surface area (TPSA) is 55.8 Å². The largest absolute Gasteiger partial charge is 0.493 e. The minimum Gasteiger partial charge on any atom is -0.493 e. The van der Waals surface area contributed by atoms with Gasteiger partial charge in [0.05, 0.1) is 18.8 Å². The molecule has 18 heavy (non-hydrogen) atoms. The normalized spacial score (nSPS) is 14.9. The Kier molecular flexibility index (Phi) is 5.28. The maximum absolute atomic E-state index is 10.9. The summed E-state index contributed by atoms with van der Waals surface area (Å²) in [5, 5.41) is 8.94. The van der Waals surface area contributed by atoms with Crippen molar-refractivity contribution in [1.29, 1.82) is 0 Å². The number of methoxy groups -OCH3 is 1. The Bertz CT molecular complexity index is 413. The van der Waals surface area contributed by atoms with Crippen molar-refractivity contribution in [2.75, 3.05) is 7.11 Å². The third kappa shape index (κ3) is 3.29. The summed E-state index contributed by atoms with van der Waals surface area (Å²) in [5.74, 6) is 0.158. The number of ether oxygens (including phenoxy) is 2. The van der Waals surface area contributed by atoms with Crippen LogP contribution >= 0.6 is 12.4 Å². The first-order valence-electron chi connectivity index (χ1n) is 5.78. The van der Waals surface area contributed by atoms with Crippen LogP contribution < -0.4 is 9.47 Å². The molecule has 100 valence electrons. The zero-order valence-electron chi connectivity index (χ0n) is 10.2. The molecule has 1 saturated carbocycles. The van der Waals surface area contributed by atoms with E-state index in [1.165, 1.54) is 25.0 Å².